The van der Waals surface area contributed by atoms with E-state index in [0.29, 0.717) is 18.0 Å². The molecule has 2 amide bonds. The predicted molar refractivity (Wildman–Crippen MR) is 155 cm³/mol. The summed E-state index contributed by atoms with van der Waals surface area (Å²) in [4.78, 5) is 28.5. The Hall–Kier alpha value is -4.05. The third-order valence-electron chi connectivity index (χ3n) is 6.45. The number of carbonyl (C=O) groups is 2. The molecule has 40 heavy (non-hydrogen) atoms. The zero-order valence-corrected chi connectivity index (χ0v) is 24.2. The molecular formula is C30H37N3O6S. The topological polar surface area (TPSA) is 105 Å². The van der Waals surface area contributed by atoms with E-state index in [1.54, 1.807) is 74.7 Å². The van der Waals surface area contributed by atoms with Crippen LogP contribution in [0.4, 0.5) is 5.69 Å². The minimum Gasteiger partial charge on any atom is -0.497 e. The fourth-order valence-corrected chi connectivity index (χ4v) is 5.60. The number of para-hydroxylation sites is 2. The molecule has 214 valence electrons. The number of hydrogen-bond acceptors (Lipinski definition) is 6. The smallest absolute Gasteiger partial charge is 0.264 e. The third-order valence-corrected chi connectivity index (χ3v) is 8.22. The Labute approximate surface area is 236 Å². The van der Waals surface area contributed by atoms with Gasteiger partial charge >= 0.3 is 0 Å². The van der Waals surface area contributed by atoms with Gasteiger partial charge in [-0.1, -0.05) is 55.8 Å². The molecular weight excluding hydrogens is 530 g/mol. The summed E-state index contributed by atoms with van der Waals surface area (Å²) in [5.41, 5.74) is 0.944. The first-order chi connectivity index (χ1) is 19.2. The maximum atomic E-state index is 14.0. The summed E-state index contributed by atoms with van der Waals surface area (Å²) in [5, 5.41) is 2.88. The summed E-state index contributed by atoms with van der Waals surface area (Å²) in [5.74, 6) is 0.0255. The second-order valence-electron chi connectivity index (χ2n) is 9.19. The van der Waals surface area contributed by atoms with Gasteiger partial charge in [0.05, 0.1) is 24.8 Å². The van der Waals surface area contributed by atoms with Crippen LogP contribution in [0.2, 0.25) is 0 Å². The molecule has 3 aromatic rings. The third kappa shape index (κ3) is 7.53. The Morgan fingerprint density at radius 2 is 1.62 bits per heavy atom. The number of carbonyl (C=O) groups excluding carboxylic acids is 2. The summed E-state index contributed by atoms with van der Waals surface area (Å²) in [6.45, 7) is 3.67. The zero-order chi connectivity index (χ0) is 29.1. The van der Waals surface area contributed by atoms with Gasteiger partial charge in [0, 0.05) is 13.1 Å². The largest absolute Gasteiger partial charge is 0.497 e. The van der Waals surface area contributed by atoms with Crippen LogP contribution in [-0.2, 0) is 26.2 Å². The lowest BCUT2D eigenvalue weighted by molar-refractivity contribution is -0.139. The van der Waals surface area contributed by atoms with Crippen molar-refractivity contribution >= 4 is 27.5 Å². The molecule has 10 heteroatoms. The van der Waals surface area contributed by atoms with Crippen molar-refractivity contribution in [1.82, 2.24) is 10.2 Å². The number of hydrogen-bond donors (Lipinski definition) is 1. The second-order valence-corrected chi connectivity index (χ2v) is 11.1. The molecule has 0 bridgehead atoms. The number of benzene rings is 3. The maximum Gasteiger partial charge on any atom is 0.264 e. The molecule has 0 saturated carbocycles. The molecule has 0 radical (unpaired) electrons. The molecule has 0 fully saturated rings. The fraction of sp³-hybridized carbons (Fsp3) is 0.333. The molecule has 3 aromatic carbocycles. The predicted octanol–water partition coefficient (Wildman–Crippen LogP) is 4.23. The molecule has 0 spiro atoms. The highest BCUT2D eigenvalue weighted by Gasteiger charge is 2.33. The van der Waals surface area contributed by atoms with Crippen LogP contribution in [0, 0.1) is 0 Å². The fourth-order valence-electron chi connectivity index (χ4n) is 4.16. The number of nitrogens with one attached hydrogen (secondary N) is 1. The summed E-state index contributed by atoms with van der Waals surface area (Å²) in [6.07, 6.45) is 1.71. The summed E-state index contributed by atoms with van der Waals surface area (Å²) in [6, 6.07) is 20.8. The van der Waals surface area contributed by atoms with Crippen molar-refractivity contribution < 1.29 is 27.5 Å². The molecule has 1 N–H and O–H groups in total. The molecule has 1 atom stereocenters. The van der Waals surface area contributed by atoms with Gasteiger partial charge < -0.3 is 19.7 Å². The Bertz CT molecular complexity index is 1380. The molecule has 9 nitrogen and oxygen atoms in total. The number of methoxy groups -OCH3 is 2. The van der Waals surface area contributed by atoms with Crippen LogP contribution in [0.1, 0.15) is 32.3 Å². The van der Waals surface area contributed by atoms with Crippen LogP contribution in [0.3, 0.4) is 0 Å². The van der Waals surface area contributed by atoms with Gasteiger partial charge in [-0.3, -0.25) is 13.9 Å². The summed E-state index contributed by atoms with van der Waals surface area (Å²) >= 11 is 0. The lowest BCUT2D eigenvalue weighted by Crippen LogP contribution is -2.51. The molecule has 3 rings (SSSR count). The quantitative estimate of drug-likeness (QED) is 0.292. The van der Waals surface area contributed by atoms with Crippen molar-refractivity contribution in [3.63, 3.8) is 0 Å². The molecule has 0 unspecified atom stereocenters. The van der Waals surface area contributed by atoms with Crippen LogP contribution in [0.25, 0.3) is 0 Å². The van der Waals surface area contributed by atoms with Gasteiger partial charge in [-0.2, -0.15) is 0 Å². The standard InChI is InChI=1S/C30H37N3O6S/c1-5-6-19-31-30(35)23(2)32(21-24-13-12-14-25(20-24)38-3)29(34)22-33(27-17-10-11-18-28(27)39-4)40(36,37)26-15-8-7-9-16-26/h7-18,20,23H,5-6,19,21-22H2,1-4H3,(H,31,35)/t23-/m0/s1. The molecule has 0 aliphatic carbocycles. The van der Waals surface area contributed by atoms with Crippen molar-refractivity contribution in [1.29, 1.82) is 0 Å². The van der Waals surface area contributed by atoms with Crippen molar-refractivity contribution in [2.75, 3.05) is 31.6 Å². The van der Waals surface area contributed by atoms with Crippen LogP contribution >= 0.6 is 0 Å². The van der Waals surface area contributed by atoms with E-state index in [4.69, 9.17) is 9.47 Å². The number of nitrogens with zero attached hydrogens (tertiary/aromatic N) is 2. The van der Waals surface area contributed by atoms with Crippen LogP contribution in [0.15, 0.2) is 83.8 Å². The van der Waals surface area contributed by atoms with Gasteiger partial charge in [0.1, 0.15) is 24.1 Å². The first kappa shape index (κ1) is 30.5. The molecule has 0 aromatic heterocycles. The summed E-state index contributed by atoms with van der Waals surface area (Å²) in [7, 11) is -1.19. The van der Waals surface area contributed by atoms with Crippen LogP contribution in [0.5, 0.6) is 11.5 Å². The van der Waals surface area contributed by atoms with Gasteiger partial charge in [0.15, 0.2) is 0 Å². The monoisotopic (exact) mass is 567 g/mol. The van der Waals surface area contributed by atoms with E-state index in [-0.39, 0.29) is 23.0 Å². The minimum atomic E-state index is -4.18. The van der Waals surface area contributed by atoms with Crippen LogP contribution < -0.4 is 19.1 Å². The van der Waals surface area contributed by atoms with Crippen molar-refractivity contribution in [2.24, 2.45) is 0 Å². The molecule has 0 saturated heterocycles. The Balaban J connectivity index is 2.03. The lowest BCUT2D eigenvalue weighted by atomic mass is 10.1. The van der Waals surface area contributed by atoms with Crippen LogP contribution in [-0.4, -0.2) is 58.5 Å². The number of sulfonamides is 1. The normalized spacial score (nSPS) is 11.8. The first-order valence-electron chi connectivity index (χ1n) is 13.1. The Kier molecular flexibility index (Phi) is 11.0. The first-order valence-corrected chi connectivity index (χ1v) is 14.6. The van der Waals surface area contributed by atoms with Gasteiger partial charge in [-0.15, -0.1) is 0 Å². The van der Waals surface area contributed by atoms with Gasteiger partial charge in [-0.05, 0) is 55.3 Å². The van der Waals surface area contributed by atoms with E-state index in [1.165, 1.54) is 24.1 Å². The Morgan fingerprint density at radius 1 is 0.925 bits per heavy atom. The highest BCUT2D eigenvalue weighted by Crippen LogP contribution is 2.32. The maximum absolute atomic E-state index is 14.0. The van der Waals surface area contributed by atoms with Crippen molar-refractivity contribution in [3.05, 3.63) is 84.4 Å². The number of anilines is 1. The van der Waals surface area contributed by atoms with E-state index in [0.717, 1.165) is 22.7 Å². The highest BCUT2D eigenvalue weighted by atomic mass is 32.2. The SMILES string of the molecule is CCCCNC(=O)[C@H](C)N(Cc1cccc(OC)c1)C(=O)CN(c1ccccc1OC)S(=O)(=O)c1ccccc1. The lowest BCUT2D eigenvalue weighted by Gasteiger charge is -2.32. The minimum absolute atomic E-state index is 0.0263. The van der Waals surface area contributed by atoms with E-state index < -0.39 is 28.5 Å². The average molecular weight is 568 g/mol. The van der Waals surface area contributed by atoms with Crippen molar-refractivity contribution in [2.45, 2.75) is 44.2 Å². The van der Waals surface area contributed by atoms with Gasteiger partial charge in [0.25, 0.3) is 10.0 Å². The number of rotatable bonds is 14. The van der Waals surface area contributed by atoms with E-state index in [2.05, 4.69) is 5.32 Å². The van der Waals surface area contributed by atoms with Crippen molar-refractivity contribution in [3.8, 4) is 11.5 Å². The van der Waals surface area contributed by atoms with E-state index >= 15 is 0 Å². The number of unbranched alkanes of at least 4 members (excludes halogenated alkanes) is 1. The molecule has 0 heterocycles. The van der Waals surface area contributed by atoms with E-state index in [1.807, 2.05) is 13.0 Å². The average Bonchev–Trinajstić information content (AvgIpc) is 2.98. The molecule has 0 aliphatic rings. The molecule has 0 aliphatic heterocycles. The summed E-state index contributed by atoms with van der Waals surface area (Å²) < 4.78 is 39.6. The van der Waals surface area contributed by atoms with E-state index in [9.17, 15) is 18.0 Å². The second kappa shape index (κ2) is 14.4. The number of ether oxygens (including phenoxy) is 2. The van der Waals surface area contributed by atoms with Gasteiger partial charge in [-0.25, -0.2) is 8.42 Å². The number of amides is 2. The Morgan fingerprint density at radius 3 is 2.30 bits per heavy atom. The van der Waals surface area contributed by atoms with Gasteiger partial charge in [0.2, 0.25) is 11.8 Å². The zero-order valence-electron chi connectivity index (χ0n) is 23.4. The highest BCUT2D eigenvalue weighted by molar-refractivity contribution is 7.92.